The molecule has 1 amide bonds. The molecule has 0 aliphatic rings. The molecule has 0 fully saturated rings. The number of carbonyl (C=O) groups excluding carboxylic acids is 1. The van der Waals surface area contributed by atoms with E-state index in [0.717, 1.165) is 17.7 Å². The second-order valence-electron chi connectivity index (χ2n) is 4.45. The molecular formula is C15H13F2N3O. The maximum absolute atomic E-state index is 13.0. The van der Waals surface area contributed by atoms with Gasteiger partial charge in [0.2, 0.25) is 5.96 Å². The maximum Gasteiger partial charge on any atom is 0.258 e. The predicted octanol–water partition coefficient (Wildman–Crippen LogP) is 2.65. The van der Waals surface area contributed by atoms with Gasteiger partial charge in [-0.15, -0.1) is 0 Å². The third-order valence-electron chi connectivity index (χ3n) is 2.62. The lowest BCUT2D eigenvalue weighted by molar-refractivity contribution is 0.0975. The van der Waals surface area contributed by atoms with Crippen molar-refractivity contribution in [2.24, 2.45) is 10.7 Å². The van der Waals surface area contributed by atoms with Crippen LogP contribution < -0.4 is 11.1 Å². The summed E-state index contributed by atoms with van der Waals surface area (Å²) in [5.41, 5.74) is 6.99. The van der Waals surface area contributed by atoms with Gasteiger partial charge in [-0.3, -0.25) is 10.1 Å². The summed E-state index contributed by atoms with van der Waals surface area (Å²) in [5.74, 6) is -2.57. The SMILES string of the molecule is Cc1cccc(N=C(N)NC(=O)c2cc(F)cc(F)c2)c1. The van der Waals surface area contributed by atoms with Gasteiger partial charge in [0.25, 0.3) is 5.91 Å². The van der Waals surface area contributed by atoms with Crippen LogP contribution in [0.3, 0.4) is 0 Å². The number of aryl methyl sites for hydroxylation is 1. The fraction of sp³-hybridized carbons (Fsp3) is 0.0667. The first kappa shape index (κ1) is 14.6. The first-order valence-electron chi connectivity index (χ1n) is 6.12. The summed E-state index contributed by atoms with van der Waals surface area (Å²) < 4.78 is 26.1. The summed E-state index contributed by atoms with van der Waals surface area (Å²) in [7, 11) is 0. The Labute approximate surface area is 120 Å². The fourth-order valence-corrected chi connectivity index (χ4v) is 1.74. The monoisotopic (exact) mass is 289 g/mol. The molecule has 4 nitrogen and oxygen atoms in total. The van der Waals surface area contributed by atoms with Crippen LogP contribution in [0, 0.1) is 18.6 Å². The smallest absolute Gasteiger partial charge is 0.258 e. The molecule has 2 aromatic carbocycles. The van der Waals surface area contributed by atoms with Gasteiger partial charge in [0.05, 0.1) is 5.69 Å². The highest BCUT2D eigenvalue weighted by Gasteiger charge is 2.10. The standard InChI is InChI=1S/C15H13F2N3O/c1-9-3-2-4-13(5-9)19-15(18)20-14(21)10-6-11(16)8-12(17)7-10/h2-8H,1H3,(H3,18,19,20,21). The molecular weight excluding hydrogens is 276 g/mol. The minimum absolute atomic E-state index is 0.157. The molecule has 0 unspecified atom stereocenters. The first-order valence-corrected chi connectivity index (χ1v) is 6.12. The van der Waals surface area contributed by atoms with Gasteiger partial charge in [-0.1, -0.05) is 12.1 Å². The zero-order valence-corrected chi connectivity index (χ0v) is 11.2. The van der Waals surface area contributed by atoms with Crippen LogP contribution in [0.15, 0.2) is 47.5 Å². The second-order valence-corrected chi connectivity index (χ2v) is 4.45. The highest BCUT2D eigenvalue weighted by molar-refractivity contribution is 6.05. The number of halogens is 2. The number of nitrogens with one attached hydrogen (secondary N) is 1. The van der Waals surface area contributed by atoms with Crippen LogP contribution in [-0.4, -0.2) is 11.9 Å². The number of rotatable bonds is 2. The van der Waals surface area contributed by atoms with E-state index in [0.29, 0.717) is 11.8 Å². The van der Waals surface area contributed by atoms with Crippen molar-refractivity contribution in [3.05, 3.63) is 65.2 Å². The van der Waals surface area contributed by atoms with Crippen molar-refractivity contribution < 1.29 is 13.6 Å². The van der Waals surface area contributed by atoms with Crippen LogP contribution in [0.4, 0.5) is 14.5 Å². The molecule has 3 N–H and O–H groups in total. The lowest BCUT2D eigenvalue weighted by Crippen LogP contribution is -2.36. The Morgan fingerprint density at radius 2 is 1.81 bits per heavy atom. The zero-order chi connectivity index (χ0) is 15.4. The molecule has 0 bridgehead atoms. The third-order valence-corrected chi connectivity index (χ3v) is 2.62. The van der Waals surface area contributed by atoms with Gasteiger partial charge < -0.3 is 5.73 Å². The van der Waals surface area contributed by atoms with Gasteiger partial charge in [-0.05, 0) is 36.8 Å². The minimum Gasteiger partial charge on any atom is -0.369 e. The van der Waals surface area contributed by atoms with Crippen molar-refractivity contribution in [3.63, 3.8) is 0 Å². The molecule has 0 saturated heterocycles. The van der Waals surface area contributed by atoms with E-state index in [-0.39, 0.29) is 11.5 Å². The van der Waals surface area contributed by atoms with E-state index in [4.69, 9.17) is 5.73 Å². The van der Waals surface area contributed by atoms with Crippen molar-refractivity contribution in [1.29, 1.82) is 0 Å². The minimum atomic E-state index is -0.839. The lowest BCUT2D eigenvalue weighted by Gasteiger charge is -2.05. The number of nitrogens with zero attached hydrogens (tertiary/aromatic N) is 1. The summed E-state index contributed by atoms with van der Waals surface area (Å²) in [6.45, 7) is 1.89. The number of hydrogen-bond acceptors (Lipinski definition) is 2. The topological polar surface area (TPSA) is 67.5 Å². The number of nitrogens with two attached hydrogens (primary N) is 1. The maximum atomic E-state index is 13.0. The highest BCUT2D eigenvalue weighted by Crippen LogP contribution is 2.13. The number of guanidine groups is 1. The van der Waals surface area contributed by atoms with E-state index >= 15 is 0 Å². The summed E-state index contributed by atoms with van der Waals surface area (Å²) in [6, 6.07) is 9.70. The van der Waals surface area contributed by atoms with Crippen LogP contribution in [0.1, 0.15) is 15.9 Å². The Kier molecular flexibility index (Phi) is 4.27. The van der Waals surface area contributed by atoms with Crippen molar-refractivity contribution in [2.45, 2.75) is 6.92 Å². The Morgan fingerprint density at radius 1 is 1.14 bits per heavy atom. The molecule has 0 heterocycles. The van der Waals surface area contributed by atoms with Gasteiger partial charge in [0.1, 0.15) is 11.6 Å². The molecule has 108 valence electrons. The third kappa shape index (κ3) is 4.10. The molecule has 2 rings (SSSR count). The summed E-state index contributed by atoms with van der Waals surface area (Å²) in [4.78, 5) is 15.8. The predicted molar refractivity (Wildman–Crippen MR) is 76.3 cm³/mol. The summed E-state index contributed by atoms with van der Waals surface area (Å²) >= 11 is 0. The van der Waals surface area contributed by atoms with E-state index in [9.17, 15) is 13.6 Å². The number of amides is 1. The molecule has 0 aliphatic carbocycles. The van der Waals surface area contributed by atoms with Gasteiger partial charge in [-0.2, -0.15) is 0 Å². The van der Waals surface area contributed by atoms with Gasteiger partial charge in [-0.25, -0.2) is 13.8 Å². The van der Waals surface area contributed by atoms with Gasteiger partial charge in [0.15, 0.2) is 0 Å². The van der Waals surface area contributed by atoms with Crippen LogP contribution in [0.25, 0.3) is 0 Å². The molecule has 0 aliphatic heterocycles. The molecule has 0 saturated carbocycles. The summed E-state index contributed by atoms with van der Waals surface area (Å²) in [6.07, 6.45) is 0. The normalized spacial score (nSPS) is 11.3. The van der Waals surface area contributed by atoms with Gasteiger partial charge >= 0.3 is 0 Å². The van der Waals surface area contributed by atoms with E-state index in [1.807, 2.05) is 13.0 Å². The number of hydrogen-bond donors (Lipinski definition) is 2. The van der Waals surface area contributed by atoms with Crippen LogP contribution in [-0.2, 0) is 0 Å². The van der Waals surface area contributed by atoms with Crippen LogP contribution in [0.5, 0.6) is 0 Å². The molecule has 6 heteroatoms. The average Bonchev–Trinajstić information content (AvgIpc) is 2.37. The quantitative estimate of drug-likeness (QED) is 0.659. The Bertz CT molecular complexity index is 694. The largest absolute Gasteiger partial charge is 0.369 e. The fourth-order valence-electron chi connectivity index (χ4n) is 1.74. The average molecular weight is 289 g/mol. The van der Waals surface area contributed by atoms with Crippen LogP contribution in [0.2, 0.25) is 0 Å². The number of carbonyl (C=O) groups is 1. The number of benzene rings is 2. The van der Waals surface area contributed by atoms with Crippen molar-refractivity contribution in [1.82, 2.24) is 5.32 Å². The molecule has 0 spiro atoms. The Morgan fingerprint density at radius 3 is 2.43 bits per heavy atom. The molecule has 0 radical (unpaired) electrons. The number of aliphatic imine (C=N–C) groups is 1. The Balaban J connectivity index is 2.15. The van der Waals surface area contributed by atoms with Crippen molar-refractivity contribution in [2.75, 3.05) is 0 Å². The van der Waals surface area contributed by atoms with E-state index in [1.54, 1.807) is 18.2 Å². The molecule has 0 aromatic heterocycles. The Hall–Kier alpha value is -2.76. The summed E-state index contributed by atoms with van der Waals surface area (Å²) in [5, 5.41) is 2.27. The molecule has 21 heavy (non-hydrogen) atoms. The van der Waals surface area contributed by atoms with Crippen LogP contribution >= 0.6 is 0 Å². The van der Waals surface area contributed by atoms with Gasteiger partial charge in [0, 0.05) is 11.6 Å². The highest BCUT2D eigenvalue weighted by atomic mass is 19.1. The van der Waals surface area contributed by atoms with E-state index in [2.05, 4.69) is 10.3 Å². The lowest BCUT2D eigenvalue weighted by atomic mass is 10.2. The van der Waals surface area contributed by atoms with Crippen molar-refractivity contribution in [3.8, 4) is 0 Å². The van der Waals surface area contributed by atoms with E-state index < -0.39 is 17.5 Å². The first-order chi connectivity index (χ1) is 9.94. The van der Waals surface area contributed by atoms with E-state index in [1.165, 1.54) is 0 Å². The second kappa shape index (κ2) is 6.13. The zero-order valence-electron chi connectivity index (χ0n) is 11.2. The molecule has 0 atom stereocenters. The molecule has 2 aromatic rings. The van der Waals surface area contributed by atoms with Crippen molar-refractivity contribution >= 4 is 17.6 Å².